The number of nitrogens with one attached hydrogen (secondary N) is 1. The smallest absolute Gasteiger partial charge is 0.244 e. The van der Waals surface area contributed by atoms with Gasteiger partial charge in [-0.15, -0.1) is 0 Å². The Bertz CT molecular complexity index is 926. The number of hydrogen-bond donors (Lipinski definition) is 1. The zero-order chi connectivity index (χ0) is 20.4. The summed E-state index contributed by atoms with van der Waals surface area (Å²) in [5.74, 6) is 1.29. The first-order valence-electron chi connectivity index (χ1n) is 8.65. The zero-order valence-electron chi connectivity index (χ0n) is 16.5. The van der Waals surface area contributed by atoms with E-state index in [1.165, 1.54) is 19.2 Å². The molecule has 0 aliphatic carbocycles. The van der Waals surface area contributed by atoms with E-state index in [4.69, 9.17) is 21.1 Å². The number of methoxy groups -OCH3 is 2. The molecule has 0 amide bonds. The van der Waals surface area contributed by atoms with E-state index in [-0.39, 0.29) is 16.6 Å². The van der Waals surface area contributed by atoms with Crippen molar-refractivity contribution in [2.24, 2.45) is 0 Å². The van der Waals surface area contributed by atoms with Crippen LogP contribution < -0.4 is 14.2 Å². The second-order valence-corrected chi connectivity index (χ2v) is 8.86. The lowest BCUT2D eigenvalue weighted by atomic mass is 9.94. The van der Waals surface area contributed by atoms with Gasteiger partial charge in [0, 0.05) is 11.1 Å². The van der Waals surface area contributed by atoms with E-state index in [0.29, 0.717) is 5.02 Å². The molecule has 0 spiro atoms. The second kappa shape index (κ2) is 8.50. The van der Waals surface area contributed by atoms with E-state index in [2.05, 4.69) is 18.6 Å². The number of ether oxygens (including phenoxy) is 2. The van der Waals surface area contributed by atoms with Crippen molar-refractivity contribution in [3.8, 4) is 11.5 Å². The first-order chi connectivity index (χ1) is 12.6. The number of halogens is 1. The molecule has 0 saturated heterocycles. The van der Waals surface area contributed by atoms with Crippen molar-refractivity contribution in [2.75, 3.05) is 14.2 Å². The summed E-state index contributed by atoms with van der Waals surface area (Å²) in [4.78, 5) is 0.0135. The molecule has 0 aromatic heterocycles. The Hall–Kier alpha value is -1.76. The number of hydrogen-bond acceptors (Lipinski definition) is 4. The van der Waals surface area contributed by atoms with Crippen LogP contribution in [-0.4, -0.2) is 22.6 Å². The largest absolute Gasteiger partial charge is 0.496 e. The van der Waals surface area contributed by atoms with Crippen LogP contribution in [0.5, 0.6) is 11.5 Å². The average molecular weight is 412 g/mol. The summed E-state index contributed by atoms with van der Waals surface area (Å²) < 4.78 is 39.2. The van der Waals surface area contributed by atoms with Crippen LogP contribution >= 0.6 is 11.6 Å². The zero-order valence-corrected chi connectivity index (χ0v) is 18.0. The number of aryl methyl sites for hydroxylation is 1. The summed E-state index contributed by atoms with van der Waals surface area (Å²) in [5, 5.41) is 0.326. The summed E-state index contributed by atoms with van der Waals surface area (Å²) in [6, 6.07) is 8.01. The van der Waals surface area contributed by atoms with Crippen LogP contribution in [0.4, 0.5) is 0 Å². The minimum absolute atomic E-state index is 0.0135. The van der Waals surface area contributed by atoms with E-state index in [0.717, 1.165) is 22.4 Å². The Morgan fingerprint density at radius 3 is 2.15 bits per heavy atom. The summed E-state index contributed by atoms with van der Waals surface area (Å²) in [7, 11) is -0.768. The van der Waals surface area contributed by atoms with Crippen LogP contribution in [0.1, 0.15) is 49.4 Å². The van der Waals surface area contributed by atoms with Crippen LogP contribution in [0.3, 0.4) is 0 Å². The van der Waals surface area contributed by atoms with Gasteiger partial charge in [-0.2, -0.15) is 0 Å². The summed E-state index contributed by atoms with van der Waals surface area (Å²) in [5.41, 5.74) is 2.87. The molecule has 0 heterocycles. The van der Waals surface area contributed by atoms with Crippen molar-refractivity contribution in [2.45, 2.75) is 44.6 Å². The van der Waals surface area contributed by atoms with Crippen LogP contribution in [0.2, 0.25) is 5.02 Å². The molecule has 5 nitrogen and oxygen atoms in total. The molecule has 2 aromatic carbocycles. The Morgan fingerprint density at radius 2 is 1.59 bits per heavy atom. The van der Waals surface area contributed by atoms with Gasteiger partial charge in [0.05, 0.1) is 14.2 Å². The molecule has 0 aliphatic heterocycles. The van der Waals surface area contributed by atoms with E-state index in [9.17, 15) is 8.42 Å². The molecule has 0 saturated carbocycles. The average Bonchev–Trinajstić information content (AvgIpc) is 2.60. The minimum Gasteiger partial charge on any atom is -0.496 e. The summed E-state index contributed by atoms with van der Waals surface area (Å²) in [6.45, 7) is 7.89. The molecule has 27 heavy (non-hydrogen) atoms. The highest BCUT2D eigenvalue weighted by Gasteiger charge is 2.24. The normalized spacial score (nSPS) is 12.9. The van der Waals surface area contributed by atoms with Gasteiger partial charge in [-0.1, -0.05) is 25.4 Å². The first kappa shape index (κ1) is 21.5. The lowest BCUT2D eigenvalue weighted by Gasteiger charge is -2.21. The highest BCUT2D eigenvalue weighted by molar-refractivity contribution is 7.89. The Morgan fingerprint density at radius 1 is 0.963 bits per heavy atom. The van der Waals surface area contributed by atoms with Crippen LogP contribution in [0.25, 0.3) is 0 Å². The van der Waals surface area contributed by atoms with Gasteiger partial charge in [-0.3, -0.25) is 0 Å². The van der Waals surface area contributed by atoms with E-state index >= 15 is 0 Å². The molecule has 2 rings (SSSR count). The van der Waals surface area contributed by atoms with Crippen LogP contribution in [0, 0.1) is 6.92 Å². The van der Waals surface area contributed by atoms with Gasteiger partial charge in [0.1, 0.15) is 16.4 Å². The van der Waals surface area contributed by atoms with Gasteiger partial charge in [0.25, 0.3) is 0 Å². The first-order valence-corrected chi connectivity index (χ1v) is 10.5. The van der Waals surface area contributed by atoms with Gasteiger partial charge in [-0.05, 0) is 66.8 Å². The van der Waals surface area contributed by atoms with Gasteiger partial charge >= 0.3 is 0 Å². The molecule has 0 bridgehead atoms. The lowest BCUT2D eigenvalue weighted by Crippen LogP contribution is -2.28. The van der Waals surface area contributed by atoms with Gasteiger partial charge < -0.3 is 9.47 Å². The molecular weight excluding hydrogens is 386 g/mol. The molecule has 1 N–H and O–H groups in total. The SMILES string of the molecule is COc1cc(C)c(C(C)NS(=O)(=O)c2cc(Cl)ccc2OC)cc1C(C)C. The monoisotopic (exact) mass is 411 g/mol. The molecule has 1 unspecified atom stereocenters. The molecule has 148 valence electrons. The maximum absolute atomic E-state index is 12.9. The summed E-state index contributed by atoms with van der Waals surface area (Å²) >= 11 is 5.99. The Kier molecular flexibility index (Phi) is 6.78. The third-order valence-corrected chi connectivity index (χ3v) is 6.25. The maximum Gasteiger partial charge on any atom is 0.244 e. The molecular formula is C20H26ClNO4S. The van der Waals surface area contributed by atoms with E-state index in [1.807, 2.05) is 26.0 Å². The van der Waals surface area contributed by atoms with Crippen molar-refractivity contribution >= 4 is 21.6 Å². The summed E-state index contributed by atoms with van der Waals surface area (Å²) in [6.07, 6.45) is 0. The molecule has 0 aliphatic rings. The second-order valence-electron chi connectivity index (χ2n) is 6.74. The van der Waals surface area contributed by atoms with Crippen molar-refractivity contribution in [1.82, 2.24) is 4.72 Å². The fourth-order valence-electron chi connectivity index (χ4n) is 3.03. The van der Waals surface area contributed by atoms with E-state index < -0.39 is 16.1 Å². The predicted octanol–water partition coefficient (Wildman–Crippen LogP) is 4.83. The topological polar surface area (TPSA) is 64.6 Å². The van der Waals surface area contributed by atoms with Gasteiger partial charge in [0.2, 0.25) is 10.0 Å². The van der Waals surface area contributed by atoms with Crippen molar-refractivity contribution < 1.29 is 17.9 Å². The Balaban J connectivity index is 2.43. The number of sulfonamides is 1. The maximum atomic E-state index is 12.9. The lowest BCUT2D eigenvalue weighted by molar-refractivity contribution is 0.402. The highest BCUT2D eigenvalue weighted by Crippen LogP contribution is 2.33. The quantitative estimate of drug-likeness (QED) is 0.708. The molecule has 0 radical (unpaired) electrons. The molecule has 1 atom stereocenters. The predicted molar refractivity (Wildman–Crippen MR) is 109 cm³/mol. The Labute approximate surface area is 166 Å². The number of rotatable bonds is 7. The molecule has 2 aromatic rings. The van der Waals surface area contributed by atoms with Gasteiger partial charge in [-0.25, -0.2) is 13.1 Å². The van der Waals surface area contributed by atoms with Crippen LogP contribution in [0.15, 0.2) is 35.2 Å². The van der Waals surface area contributed by atoms with Crippen molar-refractivity contribution in [1.29, 1.82) is 0 Å². The highest BCUT2D eigenvalue weighted by atomic mass is 35.5. The third-order valence-electron chi connectivity index (χ3n) is 4.45. The minimum atomic E-state index is -3.83. The van der Waals surface area contributed by atoms with Gasteiger partial charge in [0.15, 0.2) is 0 Å². The van der Waals surface area contributed by atoms with Crippen molar-refractivity contribution in [3.05, 3.63) is 52.0 Å². The van der Waals surface area contributed by atoms with Crippen molar-refractivity contribution in [3.63, 3.8) is 0 Å². The third kappa shape index (κ3) is 4.75. The molecule has 7 heteroatoms. The fourth-order valence-corrected chi connectivity index (χ4v) is 4.69. The van der Waals surface area contributed by atoms with Crippen LogP contribution in [-0.2, 0) is 10.0 Å². The van der Waals surface area contributed by atoms with E-state index in [1.54, 1.807) is 13.2 Å². The number of benzene rings is 2. The standard InChI is InChI=1S/C20H26ClNO4S/c1-12(2)16-11-17(13(3)9-19(16)26-6)14(4)22-27(23,24)20-10-15(21)7-8-18(20)25-5/h7-12,14,22H,1-6H3. The molecule has 0 fully saturated rings. The fraction of sp³-hybridized carbons (Fsp3) is 0.400.